The summed E-state index contributed by atoms with van der Waals surface area (Å²) in [6, 6.07) is 0. The fourth-order valence-electron chi connectivity index (χ4n) is 2.27. The van der Waals surface area contributed by atoms with E-state index in [-0.39, 0.29) is 0 Å². The van der Waals surface area contributed by atoms with Gasteiger partial charge >= 0.3 is 0 Å². The summed E-state index contributed by atoms with van der Waals surface area (Å²) >= 11 is 0. The zero-order chi connectivity index (χ0) is 6.27. The number of hydrogen-bond donors (Lipinski definition) is 1. The van der Waals surface area contributed by atoms with Gasteiger partial charge < -0.3 is 0 Å². The van der Waals surface area contributed by atoms with Crippen molar-refractivity contribution < 1.29 is 0 Å². The van der Waals surface area contributed by atoms with Crippen molar-refractivity contribution in [3.63, 3.8) is 0 Å². The Hall–Kier alpha value is -0.0800. The van der Waals surface area contributed by atoms with Gasteiger partial charge in [-0.15, -0.1) is 0 Å². The van der Waals surface area contributed by atoms with Crippen LogP contribution < -0.4 is 5.84 Å². The lowest BCUT2D eigenvalue weighted by molar-refractivity contribution is 0.324. The Morgan fingerprint density at radius 2 is 1.67 bits per heavy atom. The Kier molecular flexibility index (Phi) is 1.24. The van der Waals surface area contributed by atoms with Crippen LogP contribution in [0.1, 0.15) is 19.3 Å². The molecule has 2 rings (SSSR count). The predicted octanol–water partition coefficient (Wildman–Crippen LogP) is 0.592. The summed E-state index contributed by atoms with van der Waals surface area (Å²) in [4.78, 5) is 0. The molecule has 2 atom stereocenters. The van der Waals surface area contributed by atoms with Gasteiger partial charge in [-0.25, -0.2) is 5.01 Å². The van der Waals surface area contributed by atoms with Crippen LogP contribution in [0.25, 0.3) is 0 Å². The van der Waals surface area contributed by atoms with Crippen molar-refractivity contribution in [2.24, 2.45) is 17.7 Å². The van der Waals surface area contributed by atoms with Gasteiger partial charge in [-0.05, 0) is 24.7 Å². The molecule has 1 aliphatic carbocycles. The van der Waals surface area contributed by atoms with Gasteiger partial charge in [-0.1, -0.05) is 6.42 Å². The fraction of sp³-hybridized carbons (Fsp3) is 1.00. The first-order valence-corrected chi connectivity index (χ1v) is 3.86. The van der Waals surface area contributed by atoms with Crippen molar-refractivity contribution in [2.45, 2.75) is 19.3 Å². The van der Waals surface area contributed by atoms with E-state index in [1.807, 2.05) is 5.01 Å². The average Bonchev–Trinajstić information content (AvgIpc) is 2.22. The summed E-state index contributed by atoms with van der Waals surface area (Å²) in [6.07, 6.45) is 4.31. The molecule has 1 saturated heterocycles. The van der Waals surface area contributed by atoms with E-state index < -0.39 is 0 Å². The molecule has 0 aromatic carbocycles. The molecule has 2 heteroatoms. The SMILES string of the molecule is NN1CC2CCCC2C1. The molecular formula is C7H14N2. The maximum Gasteiger partial charge on any atom is 0.0160 e. The van der Waals surface area contributed by atoms with E-state index in [9.17, 15) is 0 Å². The first kappa shape index (κ1) is 5.69. The molecule has 1 heterocycles. The summed E-state index contributed by atoms with van der Waals surface area (Å²) in [5, 5.41) is 1.98. The smallest absolute Gasteiger partial charge is 0.0160 e. The van der Waals surface area contributed by atoms with Gasteiger partial charge in [0.2, 0.25) is 0 Å². The highest BCUT2D eigenvalue weighted by Crippen LogP contribution is 2.36. The molecule has 9 heavy (non-hydrogen) atoms. The number of hydrazine groups is 1. The Bertz CT molecular complexity index is 101. The molecule has 0 amide bonds. The van der Waals surface area contributed by atoms with Crippen molar-refractivity contribution in [1.82, 2.24) is 5.01 Å². The summed E-state index contributed by atoms with van der Waals surface area (Å²) in [5.74, 6) is 7.57. The van der Waals surface area contributed by atoms with Crippen LogP contribution in [0.5, 0.6) is 0 Å². The van der Waals surface area contributed by atoms with Crippen LogP contribution in [0.15, 0.2) is 0 Å². The van der Waals surface area contributed by atoms with Gasteiger partial charge in [0.1, 0.15) is 0 Å². The molecule has 2 N–H and O–H groups in total. The van der Waals surface area contributed by atoms with Crippen LogP contribution in [0, 0.1) is 11.8 Å². The molecule has 0 radical (unpaired) electrons. The van der Waals surface area contributed by atoms with Crippen molar-refractivity contribution in [3.8, 4) is 0 Å². The van der Waals surface area contributed by atoms with E-state index in [2.05, 4.69) is 0 Å². The maximum atomic E-state index is 5.66. The molecule has 0 bridgehead atoms. The summed E-state index contributed by atoms with van der Waals surface area (Å²) < 4.78 is 0. The average molecular weight is 126 g/mol. The Morgan fingerprint density at radius 1 is 1.11 bits per heavy atom. The van der Waals surface area contributed by atoms with E-state index in [1.165, 1.54) is 19.3 Å². The van der Waals surface area contributed by atoms with Crippen LogP contribution in [-0.4, -0.2) is 18.1 Å². The molecule has 2 unspecified atom stereocenters. The normalized spacial score (nSPS) is 43.7. The number of fused-ring (bicyclic) bond motifs is 1. The van der Waals surface area contributed by atoms with E-state index in [1.54, 1.807) is 0 Å². The molecule has 2 fully saturated rings. The van der Waals surface area contributed by atoms with Crippen LogP contribution in [0.2, 0.25) is 0 Å². The first-order valence-electron chi connectivity index (χ1n) is 3.86. The Labute approximate surface area is 56.0 Å². The molecule has 1 aliphatic heterocycles. The van der Waals surface area contributed by atoms with Crippen LogP contribution in [0.4, 0.5) is 0 Å². The molecule has 52 valence electrons. The molecule has 0 spiro atoms. The lowest BCUT2D eigenvalue weighted by atomic mass is 10.0. The zero-order valence-electron chi connectivity index (χ0n) is 5.71. The highest BCUT2D eigenvalue weighted by atomic mass is 15.4. The molecule has 2 aliphatic rings. The Balaban J connectivity index is 2.02. The summed E-state index contributed by atoms with van der Waals surface area (Å²) in [5.41, 5.74) is 0. The lowest BCUT2D eigenvalue weighted by Gasteiger charge is -2.06. The van der Waals surface area contributed by atoms with E-state index in [4.69, 9.17) is 5.84 Å². The van der Waals surface area contributed by atoms with Crippen LogP contribution >= 0.6 is 0 Å². The third-order valence-corrected chi connectivity index (χ3v) is 2.75. The number of rotatable bonds is 0. The minimum absolute atomic E-state index is 0.954. The van der Waals surface area contributed by atoms with Gasteiger partial charge in [0.15, 0.2) is 0 Å². The molecule has 1 saturated carbocycles. The fourth-order valence-corrected chi connectivity index (χ4v) is 2.27. The number of nitrogens with zero attached hydrogens (tertiary/aromatic N) is 1. The van der Waals surface area contributed by atoms with Gasteiger partial charge in [-0.2, -0.15) is 0 Å². The highest BCUT2D eigenvalue weighted by Gasteiger charge is 2.34. The molecule has 2 nitrogen and oxygen atoms in total. The standard InChI is InChI=1S/C7H14N2/c8-9-4-6-2-1-3-7(6)5-9/h6-7H,1-5,8H2. The summed E-state index contributed by atoms with van der Waals surface area (Å²) in [6.45, 7) is 2.31. The van der Waals surface area contributed by atoms with Crippen molar-refractivity contribution in [2.75, 3.05) is 13.1 Å². The van der Waals surface area contributed by atoms with Crippen molar-refractivity contribution in [3.05, 3.63) is 0 Å². The lowest BCUT2D eigenvalue weighted by Crippen LogP contribution is -2.28. The maximum absolute atomic E-state index is 5.66. The van der Waals surface area contributed by atoms with Crippen LogP contribution in [-0.2, 0) is 0 Å². The van der Waals surface area contributed by atoms with Crippen molar-refractivity contribution >= 4 is 0 Å². The van der Waals surface area contributed by atoms with Crippen molar-refractivity contribution in [1.29, 1.82) is 0 Å². The number of nitrogens with two attached hydrogens (primary N) is 1. The second kappa shape index (κ2) is 1.96. The third-order valence-electron chi connectivity index (χ3n) is 2.75. The molecular weight excluding hydrogens is 112 g/mol. The minimum atomic E-state index is 0.954. The largest absolute Gasteiger partial charge is 0.269 e. The minimum Gasteiger partial charge on any atom is -0.269 e. The van der Waals surface area contributed by atoms with E-state index >= 15 is 0 Å². The van der Waals surface area contributed by atoms with Gasteiger partial charge in [0.25, 0.3) is 0 Å². The van der Waals surface area contributed by atoms with E-state index in [0.717, 1.165) is 24.9 Å². The van der Waals surface area contributed by atoms with Gasteiger partial charge in [0, 0.05) is 13.1 Å². The highest BCUT2D eigenvalue weighted by molar-refractivity contribution is 4.86. The van der Waals surface area contributed by atoms with Crippen LogP contribution in [0.3, 0.4) is 0 Å². The molecule has 0 aromatic rings. The van der Waals surface area contributed by atoms with E-state index in [0.29, 0.717) is 0 Å². The summed E-state index contributed by atoms with van der Waals surface area (Å²) in [7, 11) is 0. The third kappa shape index (κ3) is 0.864. The van der Waals surface area contributed by atoms with Gasteiger partial charge in [-0.3, -0.25) is 5.84 Å². The zero-order valence-corrected chi connectivity index (χ0v) is 5.71. The monoisotopic (exact) mass is 126 g/mol. The first-order chi connectivity index (χ1) is 4.36. The number of hydrogen-bond acceptors (Lipinski definition) is 2. The predicted molar refractivity (Wildman–Crippen MR) is 36.6 cm³/mol. The van der Waals surface area contributed by atoms with Gasteiger partial charge in [0.05, 0.1) is 0 Å². The Morgan fingerprint density at radius 3 is 2.22 bits per heavy atom. The second-order valence-electron chi connectivity index (χ2n) is 3.40. The molecule has 0 aromatic heterocycles. The second-order valence-corrected chi connectivity index (χ2v) is 3.40. The topological polar surface area (TPSA) is 29.3 Å². The quantitative estimate of drug-likeness (QED) is 0.481.